The minimum absolute atomic E-state index is 0.114. The summed E-state index contributed by atoms with van der Waals surface area (Å²) in [4.78, 5) is 1.95. The highest BCUT2D eigenvalue weighted by Gasteiger charge is 2.37. The van der Waals surface area contributed by atoms with Crippen LogP contribution in [-0.4, -0.2) is 47.5 Å². The minimum Gasteiger partial charge on any atom is -0.393 e. The Balaban J connectivity index is 2.30. The largest absolute Gasteiger partial charge is 0.393 e. The van der Waals surface area contributed by atoms with Gasteiger partial charge in [0.25, 0.3) is 0 Å². The van der Waals surface area contributed by atoms with Gasteiger partial charge in [-0.3, -0.25) is 0 Å². The van der Waals surface area contributed by atoms with Crippen LogP contribution in [0.25, 0.3) is 0 Å². The van der Waals surface area contributed by atoms with Gasteiger partial charge in [0.2, 0.25) is 0 Å². The summed E-state index contributed by atoms with van der Waals surface area (Å²) in [6, 6.07) is 0. The zero-order valence-corrected chi connectivity index (χ0v) is 4.96. The maximum Gasteiger partial charge on any atom is 0.113 e. The van der Waals surface area contributed by atoms with Crippen molar-refractivity contribution in [1.29, 1.82) is 0 Å². The Morgan fingerprint density at radius 1 is 1.62 bits per heavy atom. The van der Waals surface area contributed by atoms with Crippen LogP contribution in [0.3, 0.4) is 0 Å². The molecule has 0 aliphatic carbocycles. The maximum atomic E-state index is 9.10. The van der Waals surface area contributed by atoms with Crippen LogP contribution >= 0.6 is 0 Å². The Labute approximate surface area is 48.5 Å². The molecule has 1 aliphatic heterocycles. The van der Waals surface area contributed by atoms with E-state index in [2.05, 4.69) is 0 Å². The molecule has 0 aromatic heterocycles. The van der Waals surface area contributed by atoms with Gasteiger partial charge in [-0.1, -0.05) is 0 Å². The molecule has 0 aromatic carbocycles. The predicted molar refractivity (Wildman–Crippen MR) is 29.5 cm³/mol. The molecule has 3 nitrogen and oxygen atoms in total. The molecule has 1 fully saturated rings. The van der Waals surface area contributed by atoms with Gasteiger partial charge in [-0.25, -0.2) is 0 Å². The molecule has 0 atom stereocenters. The van der Waals surface area contributed by atoms with Crippen molar-refractivity contribution < 1.29 is 10.2 Å². The quantitative estimate of drug-likeness (QED) is 0.446. The summed E-state index contributed by atoms with van der Waals surface area (Å²) < 4.78 is 0. The van der Waals surface area contributed by atoms with Crippen LogP contribution < -0.4 is 0 Å². The summed E-state index contributed by atoms with van der Waals surface area (Å²) >= 11 is 0. The van der Waals surface area contributed by atoms with Crippen molar-refractivity contribution in [3.05, 3.63) is 0 Å². The molecular formula is C5H11NO2. The summed E-state index contributed by atoms with van der Waals surface area (Å²) in [6.07, 6.45) is 0. The number of rotatable bonds is 1. The van der Waals surface area contributed by atoms with Crippen molar-refractivity contribution in [3.8, 4) is 0 Å². The molecule has 0 aromatic rings. The number of aliphatic hydroxyl groups is 2. The van der Waals surface area contributed by atoms with Crippen LogP contribution in [0.5, 0.6) is 0 Å². The van der Waals surface area contributed by atoms with Gasteiger partial charge in [0.15, 0.2) is 0 Å². The summed E-state index contributed by atoms with van der Waals surface area (Å²) in [5, 5.41) is 17.6. The van der Waals surface area contributed by atoms with E-state index in [1.165, 1.54) is 0 Å². The Bertz CT molecular complexity index is 88.4. The average molecular weight is 117 g/mol. The van der Waals surface area contributed by atoms with E-state index < -0.39 is 5.60 Å². The third-order valence-corrected chi connectivity index (χ3v) is 1.42. The fourth-order valence-corrected chi connectivity index (χ4v) is 1.06. The lowest BCUT2D eigenvalue weighted by Gasteiger charge is -2.43. The minimum atomic E-state index is -0.783. The number of likely N-dealkylation sites (N-methyl/N-ethyl adjacent to an activating group) is 1. The summed E-state index contributed by atoms with van der Waals surface area (Å²) in [7, 11) is 1.91. The Kier molecular flexibility index (Phi) is 1.27. The molecule has 0 bridgehead atoms. The molecule has 0 unspecified atom stereocenters. The van der Waals surface area contributed by atoms with Crippen LogP contribution in [0, 0.1) is 0 Å². The topological polar surface area (TPSA) is 43.7 Å². The molecule has 1 saturated heterocycles. The lowest BCUT2D eigenvalue weighted by molar-refractivity contribution is -0.115. The van der Waals surface area contributed by atoms with E-state index in [0.717, 1.165) is 0 Å². The standard InChI is InChI=1S/C5H11NO2/c1-6-2-5(8,3-6)4-7/h7-8H,2-4H2,1H3. The van der Waals surface area contributed by atoms with Gasteiger partial charge in [-0.05, 0) is 7.05 Å². The fourth-order valence-electron chi connectivity index (χ4n) is 1.06. The Morgan fingerprint density at radius 3 is 2.25 bits per heavy atom. The molecule has 0 radical (unpaired) electrons. The highest BCUT2D eigenvalue weighted by atomic mass is 16.3. The van der Waals surface area contributed by atoms with Crippen molar-refractivity contribution in [3.63, 3.8) is 0 Å². The summed E-state index contributed by atoms with van der Waals surface area (Å²) in [5.74, 6) is 0. The van der Waals surface area contributed by atoms with Gasteiger partial charge in [0.1, 0.15) is 5.60 Å². The van der Waals surface area contributed by atoms with Crippen molar-refractivity contribution in [2.24, 2.45) is 0 Å². The molecule has 2 N–H and O–H groups in total. The second-order valence-corrected chi connectivity index (χ2v) is 2.55. The fraction of sp³-hybridized carbons (Fsp3) is 1.00. The Morgan fingerprint density at radius 2 is 2.12 bits per heavy atom. The Hall–Kier alpha value is -0.120. The van der Waals surface area contributed by atoms with Gasteiger partial charge in [-0.15, -0.1) is 0 Å². The second kappa shape index (κ2) is 1.69. The van der Waals surface area contributed by atoms with Gasteiger partial charge in [-0.2, -0.15) is 0 Å². The number of aliphatic hydroxyl groups excluding tert-OH is 1. The van der Waals surface area contributed by atoms with Crippen LogP contribution in [-0.2, 0) is 0 Å². The first kappa shape index (κ1) is 6.01. The van der Waals surface area contributed by atoms with Crippen LogP contribution in [0.15, 0.2) is 0 Å². The molecule has 1 rings (SSSR count). The molecule has 48 valence electrons. The van der Waals surface area contributed by atoms with Crippen molar-refractivity contribution in [1.82, 2.24) is 4.90 Å². The van der Waals surface area contributed by atoms with Crippen LogP contribution in [0.4, 0.5) is 0 Å². The summed E-state index contributed by atoms with van der Waals surface area (Å²) in [5.41, 5.74) is -0.783. The van der Waals surface area contributed by atoms with Crippen LogP contribution in [0.2, 0.25) is 0 Å². The second-order valence-electron chi connectivity index (χ2n) is 2.55. The summed E-state index contributed by atoms with van der Waals surface area (Å²) in [6.45, 7) is 1.09. The van der Waals surface area contributed by atoms with Crippen LogP contribution in [0.1, 0.15) is 0 Å². The van der Waals surface area contributed by atoms with E-state index >= 15 is 0 Å². The molecule has 8 heavy (non-hydrogen) atoms. The lowest BCUT2D eigenvalue weighted by atomic mass is 9.97. The first-order valence-corrected chi connectivity index (χ1v) is 2.68. The number of hydrogen-bond acceptors (Lipinski definition) is 3. The lowest BCUT2D eigenvalue weighted by Crippen LogP contribution is -2.62. The van der Waals surface area contributed by atoms with Gasteiger partial charge in [0, 0.05) is 13.1 Å². The van der Waals surface area contributed by atoms with Gasteiger partial charge in [0.05, 0.1) is 6.61 Å². The smallest absolute Gasteiger partial charge is 0.113 e. The molecular weight excluding hydrogens is 106 g/mol. The third-order valence-electron chi connectivity index (χ3n) is 1.42. The molecule has 1 heterocycles. The molecule has 0 spiro atoms. The van der Waals surface area contributed by atoms with E-state index in [-0.39, 0.29) is 6.61 Å². The number of β-amino-alcohol motifs (C(OH)–C–C–N with tert-alkyl or cyclic N) is 1. The number of hydrogen-bond donors (Lipinski definition) is 2. The number of nitrogens with zero attached hydrogens (tertiary/aromatic N) is 1. The molecule has 3 heteroatoms. The first-order chi connectivity index (χ1) is 3.66. The van der Waals surface area contributed by atoms with E-state index in [9.17, 15) is 0 Å². The molecule has 1 aliphatic rings. The third kappa shape index (κ3) is 0.844. The molecule has 0 saturated carbocycles. The van der Waals surface area contributed by atoms with E-state index in [1.54, 1.807) is 0 Å². The monoisotopic (exact) mass is 117 g/mol. The van der Waals surface area contributed by atoms with Crippen molar-refractivity contribution in [2.75, 3.05) is 26.7 Å². The van der Waals surface area contributed by atoms with Gasteiger partial charge < -0.3 is 15.1 Å². The zero-order chi connectivity index (χ0) is 6.20. The zero-order valence-electron chi connectivity index (χ0n) is 4.96. The SMILES string of the molecule is CN1CC(O)(CO)C1. The highest BCUT2D eigenvalue weighted by Crippen LogP contribution is 2.16. The van der Waals surface area contributed by atoms with Gasteiger partial charge >= 0.3 is 0 Å². The first-order valence-electron chi connectivity index (χ1n) is 2.68. The predicted octanol–water partition coefficient (Wildman–Crippen LogP) is -1.34. The maximum absolute atomic E-state index is 9.10. The van der Waals surface area contributed by atoms with Crippen molar-refractivity contribution in [2.45, 2.75) is 5.60 Å². The normalized spacial score (nSPS) is 27.4. The highest BCUT2D eigenvalue weighted by molar-refractivity contribution is 4.92. The van der Waals surface area contributed by atoms with E-state index in [0.29, 0.717) is 13.1 Å². The average Bonchev–Trinajstić information content (AvgIpc) is 1.63. The molecule has 0 amide bonds. The van der Waals surface area contributed by atoms with Crippen molar-refractivity contribution >= 4 is 0 Å². The number of likely N-dealkylation sites (tertiary alicyclic amines) is 1. The van der Waals surface area contributed by atoms with E-state index in [1.807, 2.05) is 11.9 Å². The van der Waals surface area contributed by atoms with E-state index in [4.69, 9.17) is 10.2 Å².